The number of anilines is 1. The molecule has 0 bridgehead atoms. The molecule has 0 aromatic heterocycles. The number of amides is 1. The molecule has 0 fully saturated rings. The van der Waals surface area contributed by atoms with Crippen LogP contribution >= 0.6 is 58.0 Å². The number of nitroso groups, excluding NO2 is 1. The zero-order chi connectivity index (χ0) is 13.2. The Morgan fingerprint density at radius 1 is 1.18 bits per heavy atom. The Hall–Kier alpha value is -0.260. The van der Waals surface area contributed by atoms with Crippen LogP contribution in [0.2, 0.25) is 10.0 Å². The zero-order valence-electron chi connectivity index (χ0n) is 7.81. The molecule has 0 spiro atoms. The normalized spacial score (nSPS) is 11.1. The van der Waals surface area contributed by atoms with Gasteiger partial charge >= 0.3 is 0 Å². The van der Waals surface area contributed by atoms with E-state index < -0.39 is 9.70 Å². The van der Waals surface area contributed by atoms with Crippen LogP contribution in [0.3, 0.4) is 0 Å². The molecule has 92 valence electrons. The predicted octanol–water partition coefficient (Wildman–Crippen LogP) is 4.70. The number of nitrogens with zero attached hydrogens (tertiary/aromatic N) is 1. The number of hydrogen-bond donors (Lipinski definition) is 1. The minimum atomic E-state index is -2.11. The number of hydrogen-bond acceptors (Lipinski definition) is 3. The van der Waals surface area contributed by atoms with E-state index in [9.17, 15) is 9.70 Å². The Morgan fingerprint density at radius 3 is 2.00 bits per heavy atom. The van der Waals surface area contributed by atoms with Crippen molar-refractivity contribution in [3.63, 3.8) is 0 Å². The fourth-order valence-corrected chi connectivity index (χ4v) is 1.62. The van der Waals surface area contributed by atoms with Crippen molar-refractivity contribution in [1.29, 1.82) is 0 Å². The molecule has 1 rings (SSSR count). The van der Waals surface area contributed by atoms with Crippen molar-refractivity contribution < 1.29 is 4.79 Å². The Labute approximate surface area is 121 Å². The molecule has 9 heteroatoms. The summed E-state index contributed by atoms with van der Waals surface area (Å²) in [6, 6.07) is 2.52. The lowest BCUT2D eigenvalue weighted by Gasteiger charge is -2.12. The lowest BCUT2D eigenvalue weighted by atomic mass is 10.3. The van der Waals surface area contributed by atoms with Gasteiger partial charge in [-0.15, -0.1) is 4.91 Å². The average Bonchev–Trinajstić information content (AvgIpc) is 2.15. The molecule has 0 atom stereocenters. The largest absolute Gasteiger partial charge is 0.322 e. The van der Waals surface area contributed by atoms with Gasteiger partial charge in [0.1, 0.15) is 5.69 Å². The first-order valence-corrected chi connectivity index (χ1v) is 5.85. The van der Waals surface area contributed by atoms with E-state index in [1.165, 1.54) is 12.1 Å². The third kappa shape index (κ3) is 3.86. The van der Waals surface area contributed by atoms with Crippen LogP contribution in [-0.4, -0.2) is 9.70 Å². The SMILES string of the molecule is O=Nc1c(Cl)cc(NC(=O)C(Cl)(Cl)Cl)cc1Cl. The highest BCUT2D eigenvalue weighted by Crippen LogP contribution is 2.36. The molecule has 0 radical (unpaired) electrons. The topological polar surface area (TPSA) is 58.5 Å². The van der Waals surface area contributed by atoms with Crippen LogP contribution in [0.15, 0.2) is 17.3 Å². The molecule has 1 aromatic carbocycles. The van der Waals surface area contributed by atoms with Crippen molar-refractivity contribution in [2.45, 2.75) is 3.79 Å². The minimum absolute atomic E-state index is 0.0212. The second-order valence-electron chi connectivity index (χ2n) is 2.83. The van der Waals surface area contributed by atoms with Gasteiger partial charge in [-0.25, -0.2) is 0 Å². The van der Waals surface area contributed by atoms with Crippen LogP contribution in [0, 0.1) is 4.91 Å². The molecular weight excluding hydrogens is 333 g/mol. The summed E-state index contributed by atoms with van der Waals surface area (Å²) in [5, 5.41) is 4.86. The van der Waals surface area contributed by atoms with Crippen LogP contribution in [0.5, 0.6) is 0 Å². The highest BCUT2D eigenvalue weighted by atomic mass is 35.6. The second-order valence-corrected chi connectivity index (χ2v) is 5.93. The number of carbonyl (C=O) groups is 1. The summed E-state index contributed by atoms with van der Waals surface area (Å²) < 4.78 is -2.11. The van der Waals surface area contributed by atoms with Gasteiger partial charge in [-0.2, -0.15) is 0 Å². The summed E-state index contributed by atoms with van der Waals surface area (Å²) in [4.78, 5) is 21.7. The van der Waals surface area contributed by atoms with Crippen molar-refractivity contribution in [3.8, 4) is 0 Å². The second kappa shape index (κ2) is 5.59. The summed E-state index contributed by atoms with van der Waals surface area (Å²) >= 11 is 27.5. The maximum absolute atomic E-state index is 11.3. The third-order valence-electron chi connectivity index (χ3n) is 1.62. The molecule has 17 heavy (non-hydrogen) atoms. The molecule has 0 aliphatic rings. The molecule has 0 unspecified atom stereocenters. The molecular formula is C8H3Cl5N2O2. The van der Waals surface area contributed by atoms with Gasteiger partial charge in [0, 0.05) is 5.69 Å². The highest BCUT2D eigenvalue weighted by Gasteiger charge is 2.30. The van der Waals surface area contributed by atoms with E-state index in [1.807, 2.05) is 0 Å². The zero-order valence-corrected chi connectivity index (χ0v) is 11.6. The number of alkyl halides is 3. The van der Waals surface area contributed by atoms with Crippen molar-refractivity contribution >= 4 is 75.3 Å². The van der Waals surface area contributed by atoms with Gasteiger partial charge in [0.05, 0.1) is 10.0 Å². The van der Waals surface area contributed by atoms with E-state index in [0.717, 1.165) is 0 Å². The summed E-state index contributed by atoms with van der Waals surface area (Å²) in [5.74, 6) is -0.874. The molecule has 0 saturated heterocycles. The maximum Gasteiger partial charge on any atom is 0.276 e. The molecule has 0 saturated carbocycles. The van der Waals surface area contributed by atoms with E-state index in [1.54, 1.807) is 0 Å². The van der Waals surface area contributed by atoms with Gasteiger partial charge in [0.2, 0.25) is 0 Å². The third-order valence-corrected chi connectivity index (χ3v) is 2.71. The van der Waals surface area contributed by atoms with E-state index >= 15 is 0 Å². The van der Waals surface area contributed by atoms with Crippen LogP contribution in [0.4, 0.5) is 11.4 Å². The van der Waals surface area contributed by atoms with Gasteiger partial charge < -0.3 is 5.32 Å². The predicted molar refractivity (Wildman–Crippen MR) is 70.8 cm³/mol. The Bertz CT molecular complexity index is 448. The van der Waals surface area contributed by atoms with Crippen LogP contribution in [-0.2, 0) is 4.79 Å². The fraction of sp³-hybridized carbons (Fsp3) is 0.125. The van der Waals surface area contributed by atoms with Gasteiger partial charge in [0.15, 0.2) is 0 Å². The monoisotopic (exact) mass is 334 g/mol. The molecule has 1 amide bonds. The Kier molecular flexibility index (Phi) is 4.86. The highest BCUT2D eigenvalue weighted by molar-refractivity contribution is 6.76. The van der Waals surface area contributed by atoms with Gasteiger partial charge in [-0.1, -0.05) is 58.0 Å². The first kappa shape index (κ1) is 14.8. The summed E-state index contributed by atoms with van der Waals surface area (Å²) in [6.07, 6.45) is 0. The van der Waals surface area contributed by atoms with Crippen molar-refractivity contribution in [1.82, 2.24) is 0 Å². The lowest BCUT2D eigenvalue weighted by Crippen LogP contribution is -2.26. The van der Waals surface area contributed by atoms with Crippen LogP contribution in [0.1, 0.15) is 0 Å². The number of benzene rings is 1. The van der Waals surface area contributed by atoms with E-state index in [4.69, 9.17) is 58.0 Å². The standard InChI is InChI=1S/C8H3Cl5N2O2/c9-4-1-3(2-5(10)6(4)15-17)14-7(16)8(11,12)13/h1-2H,(H,14,16). The van der Waals surface area contributed by atoms with Crippen LogP contribution in [0.25, 0.3) is 0 Å². The van der Waals surface area contributed by atoms with Gasteiger partial charge in [0.25, 0.3) is 9.70 Å². The first-order valence-electron chi connectivity index (χ1n) is 3.96. The number of halogens is 5. The molecule has 0 heterocycles. The molecule has 0 aliphatic carbocycles. The molecule has 4 nitrogen and oxygen atoms in total. The summed E-state index contributed by atoms with van der Waals surface area (Å²) in [7, 11) is 0. The summed E-state index contributed by atoms with van der Waals surface area (Å²) in [5.41, 5.74) is 0.0592. The average molecular weight is 336 g/mol. The first-order chi connectivity index (χ1) is 7.75. The number of nitrogens with one attached hydrogen (secondary N) is 1. The van der Waals surface area contributed by atoms with Crippen LogP contribution < -0.4 is 5.32 Å². The number of carbonyl (C=O) groups excluding carboxylic acids is 1. The van der Waals surface area contributed by atoms with Gasteiger partial charge in [-0.05, 0) is 17.3 Å². The minimum Gasteiger partial charge on any atom is -0.322 e. The fourth-order valence-electron chi connectivity index (χ4n) is 0.927. The van der Waals surface area contributed by atoms with E-state index in [0.29, 0.717) is 0 Å². The van der Waals surface area contributed by atoms with Crippen molar-refractivity contribution in [2.24, 2.45) is 5.18 Å². The molecule has 0 aliphatic heterocycles. The van der Waals surface area contributed by atoms with E-state index in [2.05, 4.69) is 10.5 Å². The Morgan fingerprint density at radius 2 is 1.65 bits per heavy atom. The maximum atomic E-state index is 11.3. The van der Waals surface area contributed by atoms with Crippen molar-refractivity contribution in [3.05, 3.63) is 27.1 Å². The van der Waals surface area contributed by atoms with E-state index in [-0.39, 0.29) is 21.4 Å². The van der Waals surface area contributed by atoms with Gasteiger partial charge in [-0.3, -0.25) is 4.79 Å². The molecule has 1 N–H and O–H groups in total. The quantitative estimate of drug-likeness (QED) is 0.628. The smallest absolute Gasteiger partial charge is 0.276 e. The lowest BCUT2D eigenvalue weighted by molar-refractivity contribution is -0.115. The molecule has 1 aromatic rings. The number of rotatable bonds is 2. The van der Waals surface area contributed by atoms with Crippen molar-refractivity contribution in [2.75, 3.05) is 5.32 Å². The Balaban J connectivity index is 3.03. The summed E-state index contributed by atoms with van der Waals surface area (Å²) in [6.45, 7) is 0.